The summed E-state index contributed by atoms with van der Waals surface area (Å²) < 4.78 is 12.4. The molecule has 0 saturated heterocycles. The average molecular weight is 260 g/mol. The van der Waals surface area contributed by atoms with Crippen molar-refractivity contribution in [1.29, 1.82) is 0 Å². The number of carboxylic acid groups (broad SMARTS) is 1. The molecular formula is C14H12O3S. The van der Waals surface area contributed by atoms with Crippen LogP contribution in [0.2, 0.25) is 0 Å². The molecule has 2 aromatic carbocycles. The number of benzene rings is 2. The molecule has 0 spiro atoms. The van der Waals surface area contributed by atoms with Crippen molar-refractivity contribution < 1.29 is 14.1 Å². The Labute approximate surface area is 108 Å². The summed E-state index contributed by atoms with van der Waals surface area (Å²) in [7, 11) is -1.47. The van der Waals surface area contributed by atoms with Gasteiger partial charge in [0.05, 0.1) is 21.3 Å². The minimum Gasteiger partial charge on any atom is -0.478 e. The molecule has 4 heteroatoms. The van der Waals surface area contributed by atoms with E-state index in [0.29, 0.717) is 9.79 Å². The molecule has 0 amide bonds. The monoisotopic (exact) mass is 260 g/mol. The summed E-state index contributed by atoms with van der Waals surface area (Å²) in [5, 5.41) is 9.10. The van der Waals surface area contributed by atoms with Crippen LogP contribution >= 0.6 is 0 Å². The summed E-state index contributed by atoms with van der Waals surface area (Å²) >= 11 is 0. The molecule has 0 aliphatic rings. The predicted molar refractivity (Wildman–Crippen MR) is 69.3 cm³/mol. The van der Waals surface area contributed by atoms with Gasteiger partial charge in [-0.25, -0.2) is 9.00 Å². The van der Waals surface area contributed by atoms with Gasteiger partial charge in [0.15, 0.2) is 0 Å². The van der Waals surface area contributed by atoms with Gasteiger partial charge >= 0.3 is 5.97 Å². The van der Waals surface area contributed by atoms with E-state index in [1.165, 1.54) is 6.07 Å². The van der Waals surface area contributed by atoms with Gasteiger partial charge in [-0.2, -0.15) is 0 Å². The first kappa shape index (κ1) is 12.5. The maximum absolute atomic E-state index is 12.4. The molecule has 2 aromatic rings. The second-order valence-electron chi connectivity index (χ2n) is 3.84. The van der Waals surface area contributed by atoms with Crippen LogP contribution in [0.3, 0.4) is 0 Å². The Bertz CT molecular complexity index is 620. The predicted octanol–water partition coefficient (Wildman–Crippen LogP) is 2.86. The van der Waals surface area contributed by atoms with Crippen LogP contribution in [0.1, 0.15) is 15.9 Å². The summed E-state index contributed by atoms with van der Waals surface area (Å²) in [4.78, 5) is 12.1. The van der Waals surface area contributed by atoms with Gasteiger partial charge in [-0.15, -0.1) is 0 Å². The molecule has 0 fully saturated rings. The van der Waals surface area contributed by atoms with E-state index in [1.807, 2.05) is 19.1 Å². The number of rotatable bonds is 3. The second kappa shape index (κ2) is 5.14. The van der Waals surface area contributed by atoms with E-state index in [4.69, 9.17) is 5.11 Å². The highest BCUT2D eigenvalue weighted by atomic mass is 32.2. The van der Waals surface area contributed by atoms with Gasteiger partial charge in [0.25, 0.3) is 0 Å². The molecule has 0 heterocycles. The Kier molecular flexibility index (Phi) is 3.58. The average Bonchev–Trinajstić information content (AvgIpc) is 2.38. The molecule has 0 saturated carbocycles. The Morgan fingerprint density at radius 2 is 1.56 bits per heavy atom. The van der Waals surface area contributed by atoms with Gasteiger partial charge in [0.2, 0.25) is 0 Å². The Morgan fingerprint density at radius 1 is 1.00 bits per heavy atom. The van der Waals surface area contributed by atoms with E-state index >= 15 is 0 Å². The fourth-order valence-corrected chi connectivity index (χ4v) is 3.04. The molecule has 0 bridgehead atoms. The minimum atomic E-state index is -1.47. The molecule has 0 radical (unpaired) electrons. The van der Waals surface area contributed by atoms with E-state index in [9.17, 15) is 9.00 Å². The zero-order valence-electron chi connectivity index (χ0n) is 9.79. The maximum atomic E-state index is 12.4. The van der Waals surface area contributed by atoms with Crippen LogP contribution in [-0.2, 0) is 10.8 Å². The fraction of sp³-hybridized carbons (Fsp3) is 0.0714. The van der Waals surface area contributed by atoms with Crippen LogP contribution in [0, 0.1) is 6.92 Å². The minimum absolute atomic E-state index is 0.0825. The highest BCUT2D eigenvalue weighted by Crippen LogP contribution is 2.22. The summed E-state index contributed by atoms with van der Waals surface area (Å²) in [6, 6.07) is 13.6. The maximum Gasteiger partial charge on any atom is 0.336 e. The van der Waals surface area contributed by atoms with Crippen LogP contribution in [-0.4, -0.2) is 15.3 Å². The molecule has 92 valence electrons. The molecule has 3 nitrogen and oxygen atoms in total. The van der Waals surface area contributed by atoms with Gasteiger partial charge in [0, 0.05) is 4.90 Å². The van der Waals surface area contributed by atoms with E-state index in [0.717, 1.165) is 5.56 Å². The fourth-order valence-electron chi connectivity index (χ4n) is 1.69. The third-order valence-corrected chi connectivity index (χ3v) is 4.22. The lowest BCUT2D eigenvalue weighted by atomic mass is 10.2. The number of carbonyl (C=O) groups is 1. The third-order valence-electron chi connectivity index (χ3n) is 2.61. The molecule has 18 heavy (non-hydrogen) atoms. The first-order chi connectivity index (χ1) is 8.61. The number of carboxylic acids is 1. The SMILES string of the molecule is Cc1ccccc1[S@@](=O)c1ccccc1C(=O)O. The van der Waals surface area contributed by atoms with Crippen molar-refractivity contribution in [1.82, 2.24) is 0 Å². The van der Waals surface area contributed by atoms with E-state index in [-0.39, 0.29) is 5.56 Å². The molecule has 0 unspecified atom stereocenters. The Balaban J connectivity index is 2.54. The zero-order valence-corrected chi connectivity index (χ0v) is 10.6. The highest BCUT2D eigenvalue weighted by molar-refractivity contribution is 7.85. The molecule has 1 N–H and O–H groups in total. The Morgan fingerprint density at radius 3 is 2.17 bits per heavy atom. The number of hydrogen-bond acceptors (Lipinski definition) is 2. The largest absolute Gasteiger partial charge is 0.478 e. The molecular weight excluding hydrogens is 248 g/mol. The van der Waals surface area contributed by atoms with Crippen molar-refractivity contribution >= 4 is 16.8 Å². The quantitative estimate of drug-likeness (QED) is 0.923. The zero-order chi connectivity index (χ0) is 13.1. The van der Waals surface area contributed by atoms with Crippen molar-refractivity contribution in [2.24, 2.45) is 0 Å². The van der Waals surface area contributed by atoms with Gasteiger partial charge in [-0.3, -0.25) is 0 Å². The molecule has 0 aliphatic carbocycles. The van der Waals surface area contributed by atoms with Gasteiger partial charge in [-0.1, -0.05) is 30.3 Å². The molecule has 0 aromatic heterocycles. The normalized spacial score (nSPS) is 12.1. The van der Waals surface area contributed by atoms with Crippen LogP contribution in [0.25, 0.3) is 0 Å². The standard InChI is InChI=1S/C14H12O3S/c1-10-6-2-4-8-12(10)18(17)13-9-5-3-7-11(13)14(15)16/h2-9H,1H3,(H,15,16)/t18-/m1/s1. The topological polar surface area (TPSA) is 54.4 Å². The smallest absolute Gasteiger partial charge is 0.336 e. The summed E-state index contributed by atoms with van der Waals surface area (Å²) in [5.74, 6) is -1.06. The van der Waals surface area contributed by atoms with Crippen molar-refractivity contribution in [3.05, 3.63) is 59.7 Å². The summed E-state index contributed by atoms with van der Waals surface area (Å²) in [6.45, 7) is 1.86. The molecule has 0 aliphatic heterocycles. The lowest BCUT2D eigenvalue weighted by Gasteiger charge is -2.08. The van der Waals surface area contributed by atoms with Crippen molar-refractivity contribution in [2.45, 2.75) is 16.7 Å². The van der Waals surface area contributed by atoms with E-state index in [1.54, 1.807) is 30.3 Å². The molecule has 1 atom stereocenters. The van der Waals surface area contributed by atoms with Crippen LogP contribution in [0.5, 0.6) is 0 Å². The van der Waals surface area contributed by atoms with Crippen molar-refractivity contribution in [3.8, 4) is 0 Å². The van der Waals surface area contributed by atoms with Crippen LogP contribution < -0.4 is 0 Å². The first-order valence-electron chi connectivity index (χ1n) is 5.41. The van der Waals surface area contributed by atoms with E-state index in [2.05, 4.69) is 0 Å². The van der Waals surface area contributed by atoms with Gasteiger partial charge in [-0.05, 0) is 30.7 Å². The lowest BCUT2D eigenvalue weighted by Crippen LogP contribution is -2.05. The van der Waals surface area contributed by atoms with Crippen LogP contribution in [0.15, 0.2) is 58.3 Å². The number of aromatic carboxylic acids is 1. The van der Waals surface area contributed by atoms with Crippen molar-refractivity contribution in [2.75, 3.05) is 0 Å². The number of aryl methyl sites for hydroxylation is 1. The van der Waals surface area contributed by atoms with Crippen LogP contribution in [0.4, 0.5) is 0 Å². The summed E-state index contributed by atoms with van der Waals surface area (Å²) in [5.41, 5.74) is 0.968. The lowest BCUT2D eigenvalue weighted by molar-refractivity contribution is 0.0693. The summed E-state index contributed by atoms with van der Waals surface area (Å²) in [6.07, 6.45) is 0. The second-order valence-corrected chi connectivity index (χ2v) is 5.25. The van der Waals surface area contributed by atoms with Gasteiger partial charge < -0.3 is 5.11 Å². The number of hydrogen-bond donors (Lipinski definition) is 1. The van der Waals surface area contributed by atoms with Gasteiger partial charge in [0.1, 0.15) is 0 Å². The Hall–Kier alpha value is -1.94. The first-order valence-corrected chi connectivity index (χ1v) is 6.56. The van der Waals surface area contributed by atoms with Crippen molar-refractivity contribution in [3.63, 3.8) is 0 Å². The highest BCUT2D eigenvalue weighted by Gasteiger charge is 2.16. The van der Waals surface area contributed by atoms with E-state index < -0.39 is 16.8 Å². The molecule has 2 rings (SSSR count). The third kappa shape index (κ3) is 2.33.